The third kappa shape index (κ3) is 5.32. The fourth-order valence-corrected chi connectivity index (χ4v) is 1.92. The highest BCUT2D eigenvalue weighted by atomic mass is 16.5. The summed E-state index contributed by atoms with van der Waals surface area (Å²) in [5, 5.41) is 12.4. The van der Waals surface area contributed by atoms with Crippen LogP contribution >= 0.6 is 0 Å². The third-order valence-corrected chi connectivity index (χ3v) is 3.35. The molecule has 19 heavy (non-hydrogen) atoms. The maximum atomic E-state index is 8.95. The summed E-state index contributed by atoms with van der Waals surface area (Å²) >= 11 is 0. The molecule has 0 saturated heterocycles. The zero-order valence-corrected chi connectivity index (χ0v) is 12.4. The normalized spacial score (nSPS) is 12.8. The number of benzene rings is 1. The van der Waals surface area contributed by atoms with E-state index in [2.05, 4.69) is 30.4 Å². The molecule has 1 rings (SSSR count). The predicted molar refractivity (Wildman–Crippen MR) is 78.0 cm³/mol. The molecule has 0 aliphatic heterocycles. The first kappa shape index (κ1) is 15.5. The Morgan fingerprint density at radius 1 is 1.32 bits per heavy atom. The first-order valence-electron chi connectivity index (χ1n) is 6.77. The number of nitrogens with zero attached hydrogens (tertiary/aromatic N) is 1. The van der Waals surface area contributed by atoms with Crippen LogP contribution in [0.15, 0.2) is 24.3 Å². The van der Waals surface area contributed by atoms with Gasteiger partial charge in [0.15, 0.2) is 0 Å². The van der Waals surface area contributed by atoms with Gasteiger partial charge in [0, 0.05) is 6.04 Å². The van der Waals surface area contributed by atoms with Crippen molar-refractivity contribution in [2.75, 3.05) is 13.7 Å². The van der Waals surface area contributed by atoms with E-state index in [0.29, 0.717) is 6.04 Å². The van der Waals surface area contributed by atoms with E-state index in [0.717, 1.165) is 25.1 Å². The van der Waals surface area contributed by atoms with Crippen LogP contribution in [0, 0.1) is 16.7 Å². The van der Waals surface area contributed by atoms with Gasteiger partial charge in [0.2, 0.25) is 0 Å². The molecular formula is C16H24N2O. The summed E-state index contributed by atoms with van der Waals surface area (Å²) in [6, 6.07) is 10.8. The Morgan fingerprint density at radius 2 is 1.95 bits per heavy atom. The second-order valence-corrected chi connectivity index (χ2v) is 5.55. The fraction of sp³-hybridized carbons (Fsp3) is 0.562. The molecule has 1 atom stereocenters. The SMILES string of the molecule is COc1ccc([C@H](C)NCCCC(C)(C)C#N)cc1. The second kappa shape index (κ2) is 7.16. The maximum Gasteiger partial charge on any atom is 0.118 e. The molecule has 0 aromatic heterocycles. The Bertz CT molecular complexity index is 417. The third-order valence-electron chi connectivity index (χ3n) is 3.35. The average Bonchev–Trinajstić information content (AvgIpc) is 2.43. The van der Waals surface area contributed by atoms with Crippen molar-refractivity contribution in [1.82, 2.24) is 5.32 Å². The Hall–Kier alpha value is -1.53. The topological polar surface area (TPSA) is 45.0 Å². The number of hydrogen-bond acceptors (Lipinski definition) is 3. The van der Waals surface area contributed by atoms with Gasteiger partial charge in [0.25, 0.3) is 0 Å². The van der Waals surface area contributed by atoms with E-state index in [1.165, 1.54) is 5.56 Å². The summed E-state index contributed by atoms with van der Waals surface area (Å²) < 4.78 is 5.15. The van der Waals surface area contributed by atoms with Crippen molar-refractivity contribution in [2.24, 2.45) is 5.41 Å². The molecule has 0 heterocycles. The van der Waals surface area contributed by atoms with Gasteiger partial charge in [-0.15, -0.1) is 0 Å². The summed E-state index contributed by atoms with van der Waals surface area (Å²) in [7, 11) is 1.67. The van der Waals surface area contributed by atoms with Gasteiger partial charge < -0.3 is 10.1 Å². The number of ether oxygens (including phenoxy) is 1. The summed E-state index contributed by atoms with van der Waals surface area (Å²) in [6.07, 6.45) is 1.94. The van der Waals surface area contributed by atoms with Gasteiger partial charge in [-0.1, -0.05) is 12.1 Å². The van der Waals surface area contributed by atoms with Crippen LogP contribution in [0.5, 0.6) is 5.75 Å². The van der Waals surface area contributed by atoms with E-state index in [9.17, 15) is 0 Å². The number of hydrogen-bond donors (Lipinski definition) is 1. The number of rotatable bonds is 7. The predicted octanol–water partition coefficient (Wildman–Crippen LogP) is 3.68. The van der Waals surface area contributed by atoms with Gasteiger partial charge >= 0.3 is 0 Å². The van der Waals surface area contributed by atoms with Crippen LogP contribution in [0.3, 0.4) is 0 Å². The first-order chi connectivity index (χ1) is 8.98. The van der Waals surface area contributed by atoms with Crippen molar-refractivity contribution in [3.05, 3.63) is 29.8 Å². The molecule has 0 fully saturated rings. The number of methoxy groups -OCH3 is 1. The monoisotopic (exact) mass is 260 g/mol. The minimum Gasteiger partial charge on any atom is -0.497 e. The van der Waals surface area contributed by atoms with E-state index in [4.69, 9.17) is 10.00 Å². The molecule has 0 aliphatic carbocycles. The highest BCUT2D eigenvalue weighted by molar-refractivity contribution is 5.28. The van der Waals surface area contributed by atoms with Gasteiger partial charge in [0.1, 0.15) is 5.75 Å². The highest BCUT2D eigenvalue weighted by Crippen LogP contribution is 2.21. The molecule has 0 unspecified atom stereocenters. The summed E-state index contributed by atoms with van der Waals surface area (Å²) in [5.41, 5.74) is 1.03. The average molecular weight is 260 g/mol. The van der Waals surface area contributed by atoms with E-state index in [1.807, 2.05) is 26.0 Å². The van der Waals surface area contributed by atoms with Crippen LogP contribution in [0.1, 0.15) is 45.2 Å². The standard InChI is InChI=1S/C16H24N2O/c1-13(14-6-8-15(19-4)9-7-14)18-11-5-10-16(2,3)12-17/h6-9,13,18H,5,10-11H2,1-4H3/t13-/m0/s1. The van der Waals surface area contributed by atoms with Gasteiger partial charge in [-0.05, 0) is 57.9 Å². The van der Waals surface area contributed by atoms with Gasteiger partial charge in [-0.2, -0.15) is 5.26 Å². The fourth-order valence-electron chi connectivity index (χ4n) is 1.92. The van der Waals surface area contributed by atoms with Crippen molar-refractivity contribution in [3.8, 4) is 11.8 Å². The zero-order valence-electron chi connectivity index (χ0n) is 12.4. The van der Waals surface area contributed by atoms with E-state index < -0.39 is 0 Å². The van der Waals surface area contributed by atoms with Gasteiger partial charge in [0.05, 0.1) is 18.6 Å². The van der Waals surface area contributed by atoms with Crippen molar-refractivity contribution >= 4 is 0 Å². The first-order valence-corrected chi connectivity index (χ1v) is 6.77. The Kier molecular flexibility index (Phi) is 5.85. The van der Waals surface area contributed by atoms with Crippen LogP contribution < -0.4 is 10.1 Å². The Labute approximate surface area is 116 Å². The lowest BCUT2D eigenvalue weighted by Crippen LogP contribution is -2.21. The van der Waals surface area contributed by atoms with Crippen LogP contribution in [-0.4, -0.2) is 13.7 Å². The van der Waals surface area contributed by atoms with Crippen molar-refractivity contribution in [2.45, 2.75) is 39.7 Å². The lowest BCUT2D eigenvalue weighted by atomic mass is 9.90. The molecule has 0 bridgehead atoms. The lowest BCUT2D eigenvalue weighted by molar-refractivity contribution is 0.412. The molecular weight excluding hydrogens is 236 g/mol. The molecule has 1 aromatic rings. The molecule has 0 saturated carbocycles. The lowest BCUT2D eigenvalue weighted by Gasteiger charge is -2.17. The molecule has 0 spiro atoms. The smallest absolute Gasteiger partial charge is 0.118 e. The summed E-state index contributed by atoms with van der Waals surface area (Å²) in [5.74, 6) is 0.881. The molecule has 0 aliphatic rings. The minimum atomic E-state index is -0.217. The highest BCUT2D eigenvalue weighted by Gasteiger charge is 2.15. The molecule has 3 nitrogen and oxygen atoms in total. The van der Waals surface area contributed by atoms with Crippen molar-refractivity contribution in [3.63, 3.8) is 0 Å². The van der Waals surface area contributed by atoms with Gasteiger partial charge in [-0.3, -0.25) is 0 Å². The number of nitriles is 1. The minimum absolute atomic E-state index is 0.217. The molecule has 1 N–H and O–H groups in total. The zero-order chi connectivity index (χ0) is 14.3. The summed E-state index contributed by atoms with van der Waals surface area (Å²) in [6.45, 7) is 7.05. The molecule has 0 radical (unpaired) electrons. The maximum absolute atomic E-state index is 8.95. The second-order valence-electron chi connectivity index (χ2n) is 5.55. The van der Waals surface area contributed by atoms with Crippen LogP contribution in [0.4, 0.5) is 0 Å². The van der Waals surface area contributed by atoms with Crippen molar-refractivity contribution in [1.29, 1.82) is 5.26 Å². The largest absolute Gasteiger partial charge is 0.497 e. The molecule has 3 heteroatoms. The van der Waals surface area contributed by atoms with Crippen LogP contribution in [-0.2, 0) is 0 Å². The van der Waals surface area contributed by atoms with E-state index in [1.54, 1.807) is 7.11 Å². The van der Waals surface area contributed by atoms with Crippen LogP contribution in [0.2, 0.25) is 0 Å². The van der Waals surface area contributed by atoms with E-state index in [-0.39, 0.29) is 5.41 Å². The van der Waals surface area contributed by atoms with Gasteiger partial charge in [-0.25, -0.2) is 0 Å². The molecule has 104 valence electrons. The van der Waals surface area contributed by atoms with Crippen LogP contribution in [0.25, 0.3) is 0 Å². The quantitative estimate of drug-likeness (QED) is 0.761. The Morgan fingerprint density at radius 3 is 2.47 bits per heavy atom. The van der Waals surface area contributed by atoms with E-state index >= 15 is 0 Å². The molecule has 1 aromatic carbocycles. The number of nitrogens with one attached hydrogen (secondary N) is 1. The van der Waals surface area contributed by atoms with Crippen molar-refractivity contribution < 1.29 is 4.74 Å². The summed E-state index contributed by atoms with van der Waals surface area (Å²) in [4.78, 5) is 0. The Balaban J connectivity index is 2.35. The molecule has 0 amide bonds.